The molecule has 1 heterocycles. The lowest BCUT2D eigenvalue weighted by atomic mass is 9.77. The van der Waals surface area contributed by atoms with Gasteiger partial charge in [-0.05, 0) is 42.8 Å². The van der Waals surface area contributed by atoms with Gasteiger partial charge >= 0.3 is 5.69 Å². The van der Waals surface area contributed by atoms with E-state index in [1.165, 1.54) is 6.42 Å². The summed E-state index contributed by atoms with van der Waals surface area (Å²) in [7, 11) is 0. The lowest BCUT2D eigenvalue weighted by molar-refractivity contribution is -0.385. The summed E-state index contributed by atoms with van der Waals surface area (Å²) >= 11 is 5.91. The molecule has 0 atom stereocenters. The van der Waals surface area contributed by atoms with Crippen LogP contribution in [0.15, 0.2) is 24.3 Å². The molecule has 0 bridgehead atoms. The van der Waals surface area contributed by atoms with Crippen molar-refractivity contribution in [3.63, 3.8) is 0 Å². The van der Waals surface area contributed by atoms with Crippen LogP contribution in [-0.2, 0) is 0 Å². The van der Waals surface area contributed by atoms with Gasteiger partial charge in [-0.2, -0.15) is 0 Å². The van der Waals surface area contributed by atoms with Gasteiger partial charge in [-0.25, -0.2) is 9.97 Å². The second-order valence-electron chi connectivity index (χ2n) is 5.25. The fourth-order valence-electron chi connectivity index (χ4n) is 2.73. The van der Waals surface area contributed by atoms with Crippen LogP contribution in [0.5, 0.6) is 0 Å². The third-order valence-corrected chi connectivity index (χ3v) is 4.14. The first-order valence-electron chi connectivity index (χ1n) is 6.85. The zero-order chi connectivity index (χ0) is 15.0. The highest BCUT2D eigenvalue weighted by atomic mass is 35.5. The number of nitro groups is 1. The maximum Gasteiger partial charge on any atom is 0.316 e. The topological polar surface area (TPSA) is 68.9 Å². The highest BCUT2D eigenvalue weighted by molar-refractivity contribution is 6.28. The van der Waals surface area contributed by atoms with Crippen molar-refractivity contribution in [3.05, 3.63) is 50.9 Å². The van der Waals surface area contributed by atoms with Crippen LogP contribution in [0.2, 0.25) is 5.28 Å². The summed E-state index contributed by atoms with van der Waals surface area (Å²) in [5.74, 6) is 0.454. The van der Waals surface area contributed by atoms with Crippen LogP contribution in [0.4, 0.5) is 5.69 Å². The number of nitrogens with zero attached hydrogens (tertiary/aromatic N) is 3. The molecule has 1 saturated carbocycles. The van der Waals surface area contributed by atoms with Gasteiger partial charge < -0.3 is 0 Å². The van der Waals surface area contributed by atoms with Gasteiger partial charge in [0.25, 0.3) is 0 Å². The normalized spacial score (nSPS) is 14.8. The van der Waals surface area contributed by atoms with Crippen molar-refractivity contribution in [2.75, 3.05) is 0 Å². The standard InChI is InChI=1S/C15H14ClN3O2/c1-9-14(19(20)21)13(18-15(16)17-9)12-8-3-2-7-11(12)10-5-4-6-10/h2-3,7-8,10H,4-6H2,1H3. The third kappa shape index (κ3) is 2.49. The minimum atomic E-state index is -0.432. The van der Waals surface area contributed by atoms with E-state index in [0.29, 0.717) is 17.3 Å². The zero-order valence-electron chi connectivity index (χ0n) is 11.5. The summed E-state index contributed by atoms with van der Waals surface area (Å²) < 4.78 is 0. The summed E-state index contributed by atoms with van der Waals surface area (Å²) in [5.41, 5.74) is 2.45. The molecule has 0 unspecified atom stereocenters. The van der Waals surface area contributed by atoms with Crippen LogP contribution in [0.25, 0.3) is 11.3 Å². The first-order chi connectivity index (χ1) is 10.1. The van der Waals surface area contributed by atoms with Crippen molar-refractivity contribution < 1.29 is 4.92 Å². The van der Waals surface area contributed by atoms with Gasteiger partial charge in [0.05, 0.1) is 4.92 Å². The van der Waals surface area contributed by atoms with E-state index < -0.39 is 4.92 Å². The Bertz CT molecular complexity index is 714. The molecule has 1 aromatic heterocycles. The van der Waals surface area contributed by atoms with E-state index >= 15 is 0 Å². The molecular weight excluding hydrogens is 290 g/mol. The minimum Gasteiger partial charge on any atom is -0.258 e. The van der Waals surface area contributed by atoms with E-state index in [2.05, 4.69) is 9.97 Å². The fourth-order valence-corrected chi connectivity index (χ4v) is 2.94. The molecule has 6 heteroatoms. The average molecular weight is 304 g/mol. The molecule has 3 rings (SSSR count). The fraction of sp³-hybridized carbons (Fsp3) is 0.333. The predicted molar refractivity (Wildman–Crippen MR) is 80.5 cm³/mol. The van der Waals surface area contributed by atoms with E-state index in [-0.39, 0.29) is 11.0 Å². The molecule has 108 valence electrons. The molecular formula is C15H14ClN3O2. The molecule has 0 radical (unpaired) electrons. The molecule has 0 N–H and O–H groups in total. The maximum absolute atomic E-state index is 11.4. The number of hydrogen-bond donors (Lipinski definition) is 0. The van der Waals surface area contributed by atoms with Crippen LogP contribution in [0.3, 0.4) is 0 Å². The maximum atomic E-state index is 11.4. The highest BCUT2D eigenvalue weighted by Crippen LogP contribution is 2.42. The average Bonchev–Trinajstić information content (AvgIpc) is 2.35. The molecule has 0 spiro atoms. The number of aromatic nitrogens is 2. The Morgan fingerprint density at radius 1 is 1.29 bits per heavy atom. The number of benzene rings is 1. The van der Waals surface area contributed by atoms with Crippen molar-refractivity contribution >= 4 is 17.3 Å². The Morgan fingerprint density at radius 3 is 2.62 bits per heavy atom. The smallest absolute Gasteiger partial charge is 0.258 e. The van der Waals surface area contributed by atoms with Crippen LogP contribution >= 0.6 is 11.6 Å². The van der Waals surface area contributed by atoms with E-state index in [4.69, 9.17) is 11.6 Å². The highest BCUT2D eigenvalue weighted by Gasteiger charge is 2.28. The Labute approximate surface area is 127 Å². The number of rotatable bonds is 3. The quantitative estimate of drug-likeness (QED) is 0.482. The predicted octanol–water partition coefficient (Wildman–Crippen LogP) is 4.28. The Hall–Kier alpha value is -2.01. The largest absolute Gasteiger partial charge is 0.316 e. The SMILES string of the molecule is Cc1nc(Cl)nc(-c2ccccc2C2CCC2)c1[N+](=O)[O-]. The van der Waals surface area contributed by atoms with Gasteiger partial charge in [-0.15, -0.1) is 0 Å². The third-order valence-electron chi connectivity index (χ3n) is 3.97. The molecule has 1 aliphatic carbocycles. The molecule has 0 amide bonds. The van der Waals surface area contributed by atoms with Crippen molar-refractivity contribution in [3.8, 4) is 11.3 Å². The van der Waals surface area contributed by atoms with Gasteiger partial charge in [-0.1, -0.05) is 30.7 Å². The molecule has 21 heavy (non-hydrogen) atoms. The van der Waals surface area contributed by atoms with Gasteiger partial charge in [0, 0.05) is 5.56 Å². The lowest BCUT2D eigenvalue weighted by Crippen LogP contribution is -2.11. The Balaban J connectivity index is 2.23. The number of aryl methyl sites for hydroxylation is 1. The summed E-state index contributed by atoms with van der Waals surface area (Å²) in [6, 6.07) is 7.72. The second-order valence-corrected chi connectivity index (χ2v) is 5.59. The van der Waals surface area contributed by atoms with Crippen molar-refractivity contribution in [1.82, 2.24) is 9.97 Å². The lowest BCUT2D eigenvalue weighted by Gasteiger charge is -2.27. The summed E-state index contributed by atoms with van der Waals surface area (Å²) in [5, 5.41) is 11.4. The summed E-state index contributed by atoms with van der Waals surface area (Å²) in [4.78, 5) is 19.0. The van der Waals surface area contributed by atoms with Crippen LogP contribution in [-0.4, -0.2) is 14.9 Å². The molecule has 5 nitrogen and oxygen atoms in total. The van der Waals surface area contributed by atoms with Gasteiger partial charge in [0.2, 0.25) is 5.28 Å². The molecule has 0 aliphatic heterocycles. The van der Waals surface area contributed by atoms with E-state index in [9.17, 15) is 10.1 Å². The van der Waals surface area contributed by atoms with E-state index in [1.54, 1.807) is 6.92 Å². The first kappa shape index (κ1) is 13.9. The van der Waals surface area contributed by atoms with Crippen molar-refractivity contribution in [1.29, 1.82) is 0 Å². The summed E-state index contributed by atoms with van der Waals surface area (Å²) in [6.45, 7) is 1.58. The zero-order valence-corrected chi connectivity index (χ0v) is 12.3. The van der Waals surface area contributed by atoms with Crippen LogP contribution < -0.4 is 0 Å². The van der Waals surface area contributed by atoms with Gasteiger partial charge in [0.15, 0.2) is 5.69 Å². The Kier molecular flexibility index (Phi) is 3.59. The molecule has 1 fully saturated rings. The molecule has 1 aromatic carbocycles. The van der Waals surface area contributed by atoms with Crippen LogP contribution in [0.1, 0.15) is 36.4 Å². The minimum absolute atomic E-state index is 0.0384. The number of hydrogen-bond acceptors (Lipinski definition) is 4. The van der Waals surface area contributed by atoms with Gasteiger partial charge in [0.1, 0.15) is 5.69 Å². The summed E-state index contributed by atoms with van der Waals surface area (Å²) in [6.07, 6.45) is 3.43. The van der Waals surface area contributed by atoms with Gasteiger partial charge in [-0.3, -0.25) is 10.1 Å². The van der Waals surface area contributed by atoms with Crippen molar-refractivity contribution in [2.45, 2.75) is 32.1 Å². The Morgan fingerprint density at radius 2 is 2.00 bits per heavy atom. The number of halogens is 1. The molecule has 1 aliphatic rings. The monoisotopic (exact) mass is 303 g/mol. The van der Waals surface area contributed by atoms with E-state index in [1.807, 2.05) is 24.3 Å². The van der Waals surface area contributed by atoms with E-state index in [0.717, 1.165) is 24.0 Å². The first-order valence-corrected chi connectivity index (χ1v) is 7.23. The molecule has 2 aromatic rings. The second kappa shape index (κ2) is 5.41. The molecule has 0 saturated heterocycles. The van der Waals surface area contributed by atoms with Crippen LogP contribution in [0, 0.1) is 17.0 Å². The van der Waals surface area contributed by atoms with Crippen molar-refractivity contribution in [2.24, 2.45) is 0 Å².